The summed E-state index contributed by atoms with van der Waals surface area (Å²) in [5.41, 5.74) is 0.0844. The van der Waals surface area contributed by atoms with E-state index in [9.17, 15) is 0 Å². The number of halogens is 4. The van der Waals surface area contributed by atoms with Crippen molar-refractivity contribution in [2.75, 3.05) is 19.6 Å². The molecule has 4 aromatic rings. The Kier molecular flexibility index (Phi) is 13.3. The molecule has 4 aromatic carbocycles. The quantitative estimate of drug-likeness (QED) is 0.149. The van der Waals surface area contributed by atoms with E-state index in [4.69, 9.17) is 0 Å². The standard InChI is InChI=1S/C24H16BF4.C12H27N/c26-21-13-5-1-9-17(21)25(18-10-2-6-14-22(18)27,19-11-3-7-15-23(19)28)20-12-4-8-16-24(20)29;1-4-7-10-13(11-8-5-2)12-9-6-3/h1-16H;4-12H2,1-3H3/q-1;/p+1. The van der Waals surface area contributed by atoms with Crippen molar-refractivity contribution in [3.63, 3.8) is 0 Å². The van der Waals surface area contributed by atoms with E-state index in [0.29, 0.717) is 0 Å². The summed E-state index contributed by atoms with van der Waals surface area (Å²) in [6, 6.07) is 23.0. The molecule has 224 valence electrons. The topological polar surface area (TPSA) is 4.44 Å². The fourth-order valence-electron chi connectivity index (χ4n) is 5.97. The fraction of sp³-hybridized carbons (Fsp3) is 0.333. The van der Waals surface area contributed by atoms with Gasteiger partial charge in [-0.1, -0.05) is 113 Å². The van der Waals surface area contributed by atoms with Crippen LogP contribution >= 0.6 is 0 Å². The molecule has 1 nitrogen and oxygen atoms in total. The first-order valence-corrected chi connectivity index (χ1v) is 15.4. The monoisotopic (exact) mass is 577 g/mol. The van der Waals surface area contributed by atoms with Gasteiger partial charge in [0.25, 0.3) is 0 Å². The lowest BCUT2D eigenvalue weighted by molar-refractivity contribution is -0.900. The smallest absolute Gasteiger partial charge is 0.122 e. The van der Waals surface area contributed by atoms with E-state index in [-0.39, 0.29) is 21.9 Å². The lowest BCUT2D eigenvalue weighted by Gasteiger charge is -2.44. The number of nitrogens with one attached hydrogen (secondary N) is 1. The van der Waals surface area contributed by atoms with Gasteiger partial charge < -0.3 is 4.90 Å². The molecule has 0 spiro atoms. The predicted octanol–water partition coefficient (Wildman–Crippen LogP) is 5.89. The molecule has 0 amide bonds. The lowest BCUT2D eigenvalue weighted by atomic mass is 9.12. The zero-order chi connectivity index (χ0) is 30.4. The largest absolute Gasteiger partial charge is 0.335 e. The molecule has 0 unspecified atom stereocenters. The van der Waals surface area contributed by atoms with Crippen LogP contribution in [0.1, 0.15) is 59.3 Å². The SMILES string of the molecule is CCCC[NH+](CCCC)CCCC.Fc1ccccc1[B-](c1ccccc1F)(c1ccccc1F)c1ccccc1F. The van der Waals surface area contributed by atoms with E-state index < -0.39 is 29.4 Å². The third kappa shape index (κ3) is 7.92. The van der Waals surface area contributed by atoms with Crippen molar-refractivity contribution in [3.05, 3.63) is 120 Å². The second-order valence-electron chi connectivity index (χ2n) is 11.0. The minimum absolute atomic E-state index is 0.0211. The minimum Gasteiger partial charge on any atom is -0.335 e. The number of rotatable bonds is 13. The van der Waals surface area contributed by atoms with E-state index in [1.165, 1.54) is 131 Å². The van der Waals surface area contributed by atoms with Crippen LogP contribution in [0, 0.1) is 23.3 Å². The summed E-state index contributed by atoms with van der Waals surface area (Å²) in [5.74, 6) is -2.66. The van der Waals surface area contributed by atoms with Crippen molar-refractivity contribution < 1.29 is 22.5 Å². The van der Waals surface area contributed by atoms with Gasteiger partial charge in [0.1, 0.15) is 6.15 Å². The molecule has 0 aliphatic rings. The first kappa shape index (κ1) is 33.1. The van der Waals surface area contributed by atoms with Gasteiger partial charge >= 0.3 is 0 Å². The van der Waals surface area contributed by atoms with Crippen LogP contribution in [0.2, 0.25) is 0 Å². The van der Waals surface area contributed by atoms with Crippen molar-refractivity contribution in [1.29, 1.82) is 0 Å². The Morgan fingerprint density at radius 3 is 0.881 bits per heavy atom. The highest BCUT2D eigenvalue weighted by molar-refractivity contribution is 7.20. The Labute approximate surface area is 249 Å². The average Bonchev–Trinajstić information content (AvgIpc) is 3.00. The van der Waals surface area contributed by atoms with Crippen molar-refractivity contribution >= 4 is 28.0 Å². The number of hydrogen-bond acceptors (Lipinski definition) is 0. The van der Waals surface area contributed by atoms with Crippen LogP contribution in [-0.4, -0.2) is 25.8 Å². The van der Waals surface area contributed by atoms with Gasteiger partial charge in [-0.15, -0.1) is 0 Å². The molecule has 42 heavy (non-hydrogen) atoms. The molecule has 4 rings (SSSR count). The maximum absolute atomic E-state index is 15.2. The molecule has 0 saturated carbocycles. The first-order chi connectivity index (χ1) is 20.4. The average molecular weight is 578 g/mol. The van der Waals surface area contributed by atoms with Crippen molar-refractivity contribution in [3.8, 4) is 0 Å². The van der Waals surface area contributed by atoms with Crippen molar-refractivity contribution in [2.24, 2.45) is 0 Å². The summed E-state index contributed by atoms with van der Waals surface area (Å²) in [4.78, 5) is 1.84. The second kappa shape index (κ2) is 16.9. The van der Waals surface area contributed by atoms with E-state index >= 15 is 17.6 Å². The molecule has 1 N–H and O–H groups in total. The minimum atomic E-state index is -2.82. The Morgan fingerprint density at radius 2 is 0.667 bits per heavy atom. The molecule has 0 aliphatic carbocycles. The normalized spacial score (nSPS) is 11.3. The van der Waals surface area contributed by atoms with E-state index in [1.54, 1.807) is 24.3 Å². The lowest BCUT2D eigenvalue weighted by Crippen LogP contribution is -3.12. The van der Waals surface area contributed by atoms with Gasteiger partial charge in [-0.3, -0.25) is 0 Å². The number of unbranched alkanes of at least 4 members (excludes halogenated alkanes) is 3. The summed E-state index contributed by atoms with van der Waals surface area (Å²) >= 11 is 0. The fourth-order valence-corrected chi connectivity index (χ4v) is 5.97. The first-order valence-electron chi connectivity index (χ1n) is 15.4. The van der Waals surface area contributed by atoms with Crippen LogP contribution in [0.25, 0.3) is 0 Å². The summed E-state index contributed by atoms with van der Waals surface area (Å²) in [7, 11) is 0. The van der Waals surface area contributed by atoms with E-state index in [2.05, 4.69) is 20.8 Å². The predicted molar refractivity (Wildman–Crippen MR) is 170 cm³/mol. The van der Waals surface area contributed by atoms with Crippen LogP contribution in [0.3, 0.4) is 0 Å². The summed E-state index contributed by atoms with van der Waals surface area (Å²) in [6.07, 6.45) is 5.45. The third-order valence-electron chi connectivity index (χ3n) is 8.14. The van der Waals surface area contributed by atoms with Crippen molar-refractivity contribution in [2.45, 2.75) is 59.3 Å². The molecule has 0 heterocycles. The Hall–Kier alpha value is -3.38. The molecule has 0 aromatic heterocycles. The Bertz CT molecular complexity index is 1170. The number of quaternary nitrogens is 1. The molecule has 0 bridgehead atoms. The Morgan fingerprint density at radius 1 is 0.429 bits per heavy atom. The molecule has 0 fully saturated rings. The highest BCUT2D eigenvalue weighted by Crippen LogP contribution is 2.16. The van der Waals surface area contributed by atoms with Crippen LogP contribution in [0.4, 0.5) is 17.6 Å². The summed E-state index contributed by atoms with van der Waals surface area (Å²) in [6.45, 7) is 11.1. The number of hydrogen-bond donors (Lipinski definition) is 1. The third-order valence-corrected chi connectivity index (χ3v) is 8.14. The molecular weight excluding hydrogens is 533 g/mol. The van der Waals surface area contributed by atoms with Crippen LogP contribution < -0.4 is 26.8 Å². The molecule has 0 atom stereocenters. The molecule has 6 heteroatoms. The van der Waals surface area contributed by atoms with Gasteiger partial charge in [-0.25, -0.2) is 17.6 Å². The van der Waals surface area contributed by atoms with Gasteiger partial charge in [0, 0.05) is 0 Å². The maximum atomic E-state index is 15.2. The van der Waals surface area contributed by atoms with Crippen LogP contribution in [0.15, 0.2) is 97.1 Å². The second-order valence-corrected chi connectivity index (χ2v) is 11.0. The molecule has 0 radical (unpaired) electrons. The molecule has 0 saturated heterocycles. The van der Waals surface area contributed by atoms with Crippen molar-refractivity contribution in [1.82, 2.24) is 0 Å². The summed E-state index contributed by atoms with van der Waals surface area (Å²) < 4.78 is 60.7. The molecule has 0 aliphatic heterocycles. The number of benzene rings is 4. The highest BCUT2D eigenvalue weighted by Gasteiger charge is 2.38. The van der Waals surface area contributed by atoms with Gasteiger partial charge in [-0.05, 0) is 43.5 Å². The zero-order valence-electron chi connectivity index (χ0n) is 25.2. The van der Waals surface area contributed by atoms with E-state index in [1.807, 2.05) is 4.90 Å². The molecular formula is C36H44BF4N. The van der Waals surface area contributed by atoms with Gasteiger partial charge in [-0.2, -0.15) is 21.9 Å². The van der Waals surface area contributed by atoms with Gasteiger partial charge in [0.15, 0.2) is 0 Å². The highest BCUT2D eigenvalue weighted by atomic mass is 19.1. The Balaban J connectivity index is 0.000000316. The van der Waals surface area contributed by atoms with Crippen LogP contribution in [0.5, 0.6) is 0 Å². The zero-order valence-corrected chi connectivity index (χ0v) is 25.2. The van der Waals surface area contributed by atoms with Gasteiger partial charge in [0.2, 0.25) is 0 Å². The van der Waals surface area contributed by atoms with Gasteiger partial charge in [0.05, 0.1) is 42.9 Å². The van der Waals surface area contributed by atoms with E-state index in [0.717, 1.165) is 0 Å². The maximum Gasteiger partial charge on any atom is 0.122 e. The summed E-state index contributed by atoms with van der Waals surface area (Å²) in [5, 5.41) is 0. The van der Waals surface area contributed by atoms with Crippen LogP contribution in [-0.2, 0) is 0 Å².